The van der Waals surface area contributed by atoms with Crippen LogP contribution in [0.4, 0.5) is 13.2 Å². The van der Waals surface area contributed by atoms with Crippen LogP contribution < -0.4 is 5.32 Å². The third-order valence-electron chi connectivity index (χ3n) is 4.90. The zero-order chi connectivity index (χ0) is 19.4. The molecule has 2 atom stereocenters. The summed E-state index contributed by atoms with van der Waals surface area (Å²) in [4.78, 5) is 0. The third kappa shape index (κ3) is 4.89. The maximum atomic E-state index is 12.8. The number of hydrogen-bond acceptors (Lipinski definition) is 1. The summed E-state index contributed by atoms with van der Waals surface area (Å²) in [5.41, 5.74) is 3.84. The van der Waals surface area contributed by atoms with Crippen LogP contribution in [-0.4, -0.2) is 6.54 Å². The molecular formula is C23H24F3N. The van der Waals surface area contributed by atoms with Crippen molar-refractivity contribution >= 4 is 12.2 Å². The maximum Gasteiger partial charge on any atom is 0.416 e. The number of alkyl halides is 3. The highest BCUT2D eigenvalue weighted by molar-refractivity contribution is 5.61. The lowest BCUT2D eigenvalue weighted by Crippen LogP contribution is -2.20. The van der Waals surface area contributed by atoms with E-state index >= 15 is 0 Å². The van der Waals surface area contributed by atoms with E-state index in [1.54, 1.807) is 12.1 Å². The summed E-state index contributed by atoms with van der Waals surface area (Å²) < 4.78 is 38.3. The van der Waals surface area contributed by atoms with Crippen LogP contribution in [0, 0.1) is 5.92 Å². The number of halogens is 3. The fourth-order valence-electron chi connectivity index (χ4n) is 3.44. The average molecular weight is 371 g/mol. The molecule has 0 fully saturated rings. The highest BCUT2D eigenvalue weighted by Crippen LogP contribution is 2.30. The summed E-state index contributed by atoms with van der Waals surface area (Å²) >= 11 is 0. The molecular weight excluding hydrogens is 347 g/mol. The van der Waals surface area contributed by atoms with Crippen molar-refractivity contribution in [1.82, 2.24) is 5.32 Å². The second-order valence-electron chi connectivity index (χ2n) is 7.12. The van der Waals surface area contributed by atoms with Crippen LogP contribution in [0.25, 0.3) is 12.2 Å². The van der Waals surface area contributed by atoms with Crippen molar-refractivity contribution in [1.29, 1.82) is 0 Å². The monoisotopic (exact) mass is 371 g/mol. The standard InChI is InChI=1S/C23H24F3N/c1-16-11-12-22-19(14-16)8-4-10-21(22)17(2)27-13-5-7-18-6-3-9-20(15-18)23(24,25)26/h3-12,15-17,27H,13-14H2,1-2H3/b7-5+/t16?,17-/m1/s1. The first-order chi connectivity index (χ1) is 12.8. The maximum absolute atomic E-state index is 12.8. The molecule has 0 spiro atoms. The Kier molecular flexibility index (Phi) is 5.85. The van der Waals surface area contributed by atoms with E-state index < -0.39 is 11.7 Å². The second-order valence-corrected chi connectivity index (χ2v) is 7.12. The van der Waals surface area contributed by atoms with Crippen molar-refractivity contribution in [2.45, 2.75) is 32.5 Å². The SMILES string of the molecule is CC1C=Cc2c(cccc2[C@@H](C)NC/C=C/c2cccc(C(F)(F)F)c2)C1. The molecule has 27 heavy (non-hydrogen) atoms. The molecule has 2 aromatic carbocycles. The molecule has 3 rings (SSSR count). The van der Waals surface area contributed by atoms with Crippen molar-refractivity contribution in [3.05, 3.63) is 82.4 Å². The molecule has 1 unspecified atom stereocenters. The summed E-state index contributed by atoms with van der Waals surface area (Å²) in [6.45, 7) is 4.91. The first-order valence-electron chi connectivity index (χ1n) is 9.22. The summed E-state index contributed by atoms with van der Waals surface area (Å²) in [6, 6.07) is 11.9. The van der Waals surface area contributed by atoms with E-state index in [0.29, 0.717) is 18.0 Å². The fraction of sp³-hybridized carbons (Fsp3) is 0.304. The number of rotatable bonds is 5. The molecule has 1 aliphatic rings. The van der Waals surface area contributed by atoms with E-state index in [9.17, 15) is 13.2 Å². The van der Waals surface area contributed by atoms with Crippen LogP contribution in [-0.2, 0) is 12.6 Å². The molecule has 2 aromatic rings. The number of hydrogen-bond donors (Lipinski definition) is 1. The van der Waals surface area contributed by atoms with Crippen molar-refractivity contribution in [2.24, 2.45) is 5.92 Å². The van der Waals surface area contributed by atoms with Gasteiger partial charge in [0.1, 0.15) is 0 Å². The Bertz CT molecular complexity index is 849. The van der Waals surface area contributed by atoms with Gasteiger partial charge in [0.15, 0.2) is 0 Å². The van der Waals surface area contributed by atoms with Crippen LogP contribution in [0.2, 0.25) is 0 Å². The van der Waals surface area contributed by atoms with Gasteiger partial charge in [-0.3, -0.25) is 0 Å². The quantitative estimate of drug-likeness (QED) is 0.653. The van der Waals surface area contributed by atoms with E-state index in [1.807, 2.05) is 6.08 Å². The van der Waals surface area contributed by atoms with E-state index in [1.165, 1.54) is 28.8 Å². The zero-order valence-corrected chi connectivity index (χ0v) is 15.6. The van der Waals surface area contributed by atoms with Gasteiger partial charge in [-0.25, -0.2) is 0 Å². The van der Waals surface area contributed by atoms with Gasteiger partial charge in [0.2, 0.25) is 0 Å². The Balaban J connectivity index is 1.63. The van der Waals surface area contributed by atoms with Crippen molar-refractivity contribution in [3.63, 3.8) is 0 Å². The van der Waals surface area contributed by atoms with Gasteiger partial charge in [-0.15, -0.1) is 0 Å². The molecule has 1 N–H and O–H groups in total. The third-order valence-corrected chi connectivity index (χ3v) is 4.90. The molecule has 1 aliphatic carbocycles. The minimum atomic E-state index is -4.31. The lowest BCUT2D eigenvalue weighted by molar-refractivity contribution is -0.137. The average Bonchev–Trinajstić information content (AvgIpc) is 2.64. The molecule has 0 aromatic heterocycles. The topological polar surface area (TPSA) is 12.0 Å². The van der Waals surface area contributed by atoms with Crippen LogP contribution in [0.1, 0.15) is 47.7 Å². The minimum absolute atomic E-state index is 0.157. The zero-order valence-electron chi connectivity index (χ0n) is 15.6. The van der Waals surface area contributed by atoms with Crippen LogP contribution in [0.3, 0.4) is 0 Å². The Morgan fingerprint density at radius 2 is 1.96 bits per heavy atom. The molecule has 0 bridgehead atoms. The normalized spacial score (nSPS) is 17.9. The molecule has 4 heteroatoms. The molecule has 0 amide bonds. The van der Waals surface area contributed by atoms with Crippen molar-refractivity contribution in [2.75, 3.05) is 6.54 Å². The van der Waals surface area contributed by atoms with Gasteiger partial charge in [0.05, 0.1) is 5.56 Å². The number of allylic oxidation sites excluding steroid dienone is 1. The second kappa shape index (κ2) is 8.13. The van der Waals surface area contributed by atoms with E-state index in [0.717, 1.165) is 12.5 Å². The highest BCUT2D eigenvalue weighted by Gasteiger charge is 2.30. The molecule has 142 valence electrons. The summed E-state index contributed by atoms with van der Waals surface area (Å²) in [5.74, 6) is 0.561. The van der Waals surface area contributed by atoms with Gasteiger partial charge < -0.3 is 5.32 Å². The van der Waals surface area contributed by atoms with Crippen molar-refractivity contribution in [3.8, 4) is 0 Å². The number of fused-ring (bicyclic) bond motifs is 1. The first kappa shape index (κ1) is 19.4. The smallest absolute Gasteiger partial charge is 0.307 e. The van der Waals surface area contributed by atoms with Crippen LogP contribution in [0.5, 0.6) is 0 Å². The van der Waals surface area contributed by atoms with Gasteiger partial charge in [-0.1, -0.05) is 61.6 Å². The predicted molar refractivity (Wildman–Crippen MR) is 105 cm³/mol. The van der Waals surface area contributed by atoms with Crippen molar-refractivity contribution < 1.29 is 13.2 Å². The molecule has 0 heterocycles. The Hall–Kier alpha value is -2.33. The van der Waals surface area contributed by atoms with E-state index in [2.05, 4.69) is 49.5 Å². The number of nitrogens with one attached hydrogen (secondary N) is 1. The Morgan fingerprint density at radius 1 is 1.19 bits per heavy atom. The molecule has 0 saturated carbocycles. The van der Waals surface area contributed by atoms with Crippen LogP contribution >= 0.6 is 0 Å². The van der Waals surface area contributed by atoms with Gasteiger partial charge in [0.25, 0.3) is 0 Å². The first-order valence-corrected chi connectivity index (χ1v) is 9.22. The minimum Gasteiger partial charge on any atom is -0.307 e. The highest BCUT2D eigenvalue weighted by atomic mass is 19.4. The Morgan fingerprint density at radius 3 is 2.74 bits per heavy atom. The van der Waals surface area contributed by atoms with Crippen LogP contribution in [0.15, 0.2) is 54.6 Å². The van der Waals surface area contributed by atoms with E-state index in [4.69, 9.17) is 0 Å². The molecule has 0 radical (unpaired) electrons. The summed E-state index contributed by atoms with van der Waals surface area (Å²) in [6.07, 6.45) is 4.77. The van der Waals surface area contributed by atoms with E-state index in [-0.39, 0.29) is 6.04 Å². The summed E-state index contributed by atoms with van der Waals surface area (Å²) in [7, 11) is 0. The molecule has 0 saturated heterocycles. The summed E-state index contributed by atoms with van der Waals surface area (Å²) in [5, 5.41) is 3.43. The predicted octanol–water partition coefficient (Wildman–Crippen LogP) is 6.27. The molecule has 0 aliphatic heterocycles. The van der Waals surface area contributed by atoms with Gasteiger partial charge >= 0.3 is 6.18 Å². The lowest BCUT2D eigenvalue weighted by Gasteiger charge is -2.22. The van der Waals surface area contributed by atoms with Gasteiger partial charge in [0, 0.05) is 12.6 Å². The molecule has 1 nitrogen and oxygen atoms in total. The van der Waals surface area contributed by atoms with Gasteiger partial charge in [-0.2, -0.15) is 13.2 Å². The largest absolute Gasteiger partial charge is 0.416 e. The van der Waals surface area contributed by atoms with Gasteiger partial charge in [-0.05, 0) is 53.6 Å². The number of benzene rings is 2. The Labute approximate surface area is 158 Å². The lowest BCUT2D eigenvalue weighted by atomic mass is 9.86. The fourth-order valence-corrected chi connectivity index (χ4v) is 3.44.